The minimum absolute atomic E-state index is 0.265. The Morgan fingerprint density at radius 3 is 2.59 bits per heavy atom. The summed E-state index contributed by atoms with van der Waals surface area (Å²) in [4.78, 5) is 4.20. The lowest BCUT2D eigenvalue weighted by Crippen LogP contribution is -2.38. The Morgan fingerprint density at radius 1 is 1.27 bits per heavy atom. The fourth-order valence-corrected chi connectivity index (χ4v) is 2.14. The van der Waals surface area contributed by atoms with E-state index in [2.05, 4.69) is 29.5 Å². The third-order valence-corrected chi connectivity index (χ3v) is 3.45. The first-order chi connectivity index (χ1) is 10.6. The van der Waals surface area contributed by atoms with Crippen molar-refractivity contribution in [3.05, 3.63) is 23.8 Å². The minimum Gasteiger partial charge on any atom is -0.508 e. The molecule has 0 spiro atoms. The van der Waals surface area contributed by atoms with Gasteiger partial charge in [-0.25, -0.2) is 0 Å². The van der Waals surface area contributed by atoms with Crippen LogP contribution in [0.25, 0.3) is 0 Å². The van der Waals surface area contributed by atoms with Crippen LogP contribution in [0.15, 0.2) is 23.2 Å². The predicted molar refractivity (Wildman–Crippen MR) is 91.8 cm³/mol. The molecule has 0 aliphatic rings. The van der Waals surface area contributed by atoms with Crippen LogP contribution in [0.3, 0.4) is 0 Å². The molecular weight excluding hydrogens is 278 g/mol. The minimum atomic E-state index is 0.265. The molecule has 0 amide bonds. The summed E-state index contributed by atoms with van der Waals surface area (Å²) in [6, 6.07) is 5.37. The van der Waals surface area contributed by atoms with Gasteiger partial charge in [0.05, 0.1) is 7.11 Å². The summed E-state index contributed by atoms with van der Waals surface area (Å²) in [5.74, 6) is 2.46. The van der Waals surface area contributed by atoms with Crippen LogP contribution in [-0.4, -0.2) is 38.3 Å². The van der Waals surface area contributed by atoms with Gasteiger partial charge in [0, 0.05) is 26.2 Å². The van der Waals surface area contributed by atoms with Crippen molar-refractivity contribution in [2.75, 3.05) is 27.2 Å². The second-order valence-electron chi connectivity index (χ2n) is 5.71. The van der Waals surface area contributed by atoms with Crippen molar-refractivity contribution in [1.82, 2.24) is 10.6 Å². The summed E-state index contributed by atoms with van der Waals surface area (Å²) in [6.07, 6.45) is 3.07. The van der Waals surface area contributed by atoms with Crippen LogP contribution in [-0.2, 0) is 6.42 Å². The zero-order valence-corrected chi connectivity index (χ0v) is 14.1. The molecule has 0 aromatic heterocycles. The molecular formula is C17H29N3O2. The van der Waals surface area contributed by atoms with Gasteiger partial charge >= 0.3 is 0 Å². The topological polar surface area (TPSA) is 65.9 Å². The van der Waals surface area contributed by atoms with Crippen LogP contribution >= 0.6 is 0 Å². The Hall–Kier alpha value is -1.91. The number of phenolic OH excluding ortho intramolecular Hbond substituents is 1. The number of benzene rings is 1. The van der Waals surface area contributed by atoms with Crippen molar-refractivity contribution < 1.29 is 9.84 Å². The molecule has 0 aliphatic heterocycles. The van der Waals surface area contributed by atoms with E-state index in [1.165, 1.54) is 6.42 Å². The molecule has 0 aliphatic carbocycles. The summed E-state index contributed by atoms with van der Waals surface area (Å²) in [5.41, 5.74) is 0.892. The lowest BCUT2D eigenvalue weighted by molar-refractivity contribution is 0.406. The van der Waals surface area contributed by atoms with Crippen molar-refractivity contribution in [2.45, 2.75) is 33.1 Å². The van der Waals surface area contributed by atoms with E-state index >= 15 is 0 Å². The van der Waals surface area contributed by atoms with Gasteiger partial charge in [0.25, 0.3) is 0 Å². The fourth-order valence-electron chi connectivity index (χ4n) is 2.14. The van der Waals surface area contributed by atoms with Gasteiger partial charge in [-0.15, -0.1) is 0 Å². The van der Waals surface area contributed by atoms with Crippen molar-refractivity contribution in [3.8, 4) is 11.5 Å². The van der Waals surface area contributed by atoms with E-state index < -0.39 is 0 Å². The predicted octanol–water partition coefficient (Wildman–Crippen LogP) is 2.54. The van der Waals surface area contributed by atoms with Gasteiger partial charge in [0.1, 0.15) is 11.5 Å². The highest BCUT2D eigenvalue weighted by molar-refractivity contribution is 5.79. The standard InChI is InChI=1S/C17H29N3O2/c1-13(2)6-5-10-19-17(18-3)20-11-9-14-7-8-15(22-4)12-16(14)21/h7-8,12-13,21H,5-6,9-11H2,1-4H3,(H2,18,19,20). The summed E-state index contributed by atoms with van der Waals surface area (Å²) >= 11 is 0. The zero-order valence-electron chi connectivity index (χ0n) is 14.1. The largest absolute Gasteiger partial charge is 0.508 e. The number of nitrogens with one attached hydrogen (secondary N) is 2. The number of ether oxygens (including phenoxy) is 1. The Bertz CT molecular complexity index is 473. The first kappa shape index (κ1) is 18.1. The molecule has 0 atom stereocenters. The van der Waals surface area contributed by atoms with Crippen LogP contribution in [0.5, 0.6) is 11.5 Å². The molecule has 124 valence electrons. The van der Waals surface area contributed by atoms with Crippen LogP contribution in [0.4, 0.5) is 0 Å². The normalized spacial score (nSPS) is 11.6. The maximum Gasteiger partial charge on any atom is 0.190 e. The van der Waals surface area contributed by atoms with Gasteiger partial charge in [-0.2, -0.15) is 0 Å². The SMILES string of the molecule is CN=C(NCCCC(C)C)NCCc1ccc(OC)cc1O. The molecule has 0 heterocycles. The molecule has 1 aromatic carbocycles. The van der Waals surface area contributed by atoms with Gasteiger partial charge in [0.2, 0.25) is 0 Å². The molecule has 22 heavy (non-hydrogen) atoms. The summed E-state index contributed by atoms with van der Waals surface area (Å²) in [7, 11) is 3.35. The van der Waals surface area contributed by atoms with Crippen LogP contribution in [0.2, 0.25) is 0 Å². The molecule has 0 saturated carbocycles. The Morgan fingerprint density at radius 2 is 2.00 bits per heavy atom. The molecule has 5 heteroatoms. The number of hydrogen-bond acceptors (Lipinski definition) is 3. The number of guanidine groups is 1. The maximum absolute atomic E-state index is 9.92. The van der Waals surface area contributed by atoms with E-state index in [0.717, 1.165) is 36.8 Å². The molecule has 0 unspecified atom stereocenters. The number of methoxy groups -OCH3 is 1. The molecule has 0 bridgehead atoms. The first-order valence-electron chi connectivity index (χ1n) is 7.87. The molecule has 0 radical (unpaired) electrons. The lowest BCUT2D eigenvalue weighted by atomic mass is 10.1. The Kier molecular flexibility index (Phi) is 8.18. The van der Waals surface area contributed by atoms with E-state index in [9.17, 15) is 5.11 Å². The third kappa shape index (κ3) is 6.70. The second kappa shape index (κ2) is 9.92. The molecule has 1 rings (SSSR count). The Balaban J connectivity index is 2.32. The highest BCUT2D eigenvalue weighted by atomic mass is 16.5. The quantitative estimate of drug-likeness (QED) is 0.392. The second-order valence-corrected chi connectivity index (χ2v) is 5.71. The van der Waals surface area contributed by atoms with Crippen LogP contribution < -0.4 is 15.4 Å². The maximum atomic E-state index is 9.92. The van der Waals surface area contributed by atoms with Crippen molar-refractivity contribution >= 4 is 5.96 Å². The fraction of sp³-hybridized carbons (Fsp3) is 0.588. The highest BCUT2D eigenvalue weighted by Gasteiger charge is 2.04. The summed E-state index contributed by atoms with van der Waals surface area (Å²) in [5, 5.41) is 16.5. The van der Waals surface area contributed by atoms with Crippen molar-refractivity contribution in [2.24, 2.45) is 10.9 Å². The van der Waals surface area contributed by atoms with E-state index in [0.29, 0.717) is 12.3 Å². The van der Waals surface area contributed by atoms with E-state index in [1.807, 2.05) is 12.1 Å². The zero-order chi connectivity index (χ0) is 16.4. The molecule has 1 aromatic rings. The lowest BCUT2D eigenvalue weighted by Gasteiger charge is -2.13. The highest BCUT2D eigenvalue weighted by Crippen LogP contribution is 2.23. The van der Waals surface area contributed by atoms with E-state index in [4.69, 9.17) is 4.74 Å². The number of hydrogen-bond donors (Lipinski definition) is 3. The van der Waals surface area contributed by atoms with Crippen LogP contribution in [0.1, 0.15) is 32.3 Å². The van der Waals surface area contributed by atoms with Gasteiger partial charge in [-0.05, 0) is 36.8 Å². The van der Waals surface area contributed by atoms with Crippen molar-refractivity contribution in [1.29, 1.82) is 0 Å². The molecule has 3 N–H and O–H groups in total. The average Bonchev–Trinajstić information content (AvgIpc) is 2.50. The van der Waals surface area contributed by atoms with Gasteiger partial charge in [0.15, 0.2) is 5.96 Å². The van der Waals surface area contributed by atoms with Crippen LogP contribution in [0, 0.1) is 5.92 Å². The number of rotatable bonds is 8. The van der Waals surface area contributed by atoms with E-state index in [1.54, 1.807) is 20.2 Å². The number of aromatic hydroxyl groups is 1. The number of nitrogens with zero attached hydrogens (tertiary/aromatic N) is 1. The number of aliphatic imine (C=N–C) groups is 1. The van der Waals surface area contributed by atoms with E-state index in [-0.39, 0.29) is 5.75 Å². The Labute approximate surface area is 133 Å². The molecule has 0 fully saturated rings. The summed E-state index contributed by atoms with van der Waals surface area (Å²) < 4.78 is 5.08. The smallest absolute Gasteiger partial charge is 0.190 e. The number of phenols is 1. The summed E-state index contributed by atoms with van der Waals surface area (Å²) in [6.45, 7) is 6.10. The average molecular weight is 307 g/mol. The van der Waals surface area contributed by atoms with Gasteiger partial charge in [-0.3, -0.25) is 4.99 Å². The van der Waals surface area contributed by atoms with Crippen molar-refractivity contribution in [3.63, 3.8) is 0 Å². The monoisotopic (exact) mass is 307 g/mol. The van der Waals surface area contributed by atoms with Gasteiger partial charge in [-0.1, -0.05) is 19.9 Å². The van der Waals surface area contributed by atoms with Gasteiger partial charge < -0.3 is 20.5 Å². The first-order valence-corrected chi connectivity index (χ1v) is 7.87. The third-order valence-electron chi connectivity index (χ3n) is 3.45. The molecule has 5 nitrogen and oxygen atoms in total. The molecule has 0 saturated heterocycles.